The second kappa shape index (κ2) is 10.8. The van der Waals surface area contributed by atoms with Crippen molar-refractivity contribution in [1.29, 1.82) is 0 Å². The van der Waals surface area contributed by atoms with Crippen LogP contribution in [0, 0.1) is 5.41 Å². The molecule has 1 N–H and O–H groups in total. The van der Waals surface area contributed by atoms with Gasteiger partial charge in [-0.15, -0.1) is 0 Å². The predicted molar refractivity (Wildman–Crippen MR) is 164 cm³/mol. The van der Waals surface area contributed by atoms with Crippen LogP contribution >= 0.6 is 0 Å². The SMILES string of the molecule is COc1ccc2cc(C(=O)N[C@@H]3CCc4ccc(C(=O)N5CCC6(CCN(c7ccncc7)CC6)C5)cc43)ccc2c1. The summed E-state index contributed by atoms with van der Waals surface area (Å²) in [7, 11) is 1.65. The number of hydrogen-bond donors (Lipinski definition) is 1. The van der Waals surface area contributed by atoms with Crippen LogP contribution in [0.5, 0.6) is 5.75 Å². The molecule has 0 saturated carbocycles. The first-order chi connectivity index (χ1) is 20.5. The number of hydrogen-bond acceptors (Lipinski definition) is 5. The number of pyridine rings is 1. The summed E-state index contributed by atoms with van der Waals surface area (Å²) in [5.41, 5.74) is 5.07. The van der Waals surface area contributed by atoms with Gasteiger partial charge in [0.1, 0.15) is 5.75 Å². The molecule has 3 aromatic carbocycles. The van der Waals surface area contributed by atoms with Gasteiger partial charge in [-0.05, 0) is 108 Å². The van der Waals surface area contributed by atoms with E-state index in [4.69, 9.17) is 4.74 Å². The normalized spacial score (nSPS) is 19.2. The molecule has 3 aliphatic rings. The summed E-state index contributed by atoms with van der Waals surface area (Å²) in [5.74, 6) is 0.804. The zero-order valence-corrected chi connectivity index (χ0v) is 24.0. The van der Waals surface area contributed by atoms with Crippen LogP contribution < -0.4 is 15.0 Å². The fraction of sp³-hybridized carbons (Fsp3) is 0.343. The Balaban J connectivity index is 1.01. The fourth-order valence-corrected chi connectivity index (χ4v) is 7.11. The van der Waals surface area contributed by atoms with E-state index < -0.39 is 0 Å². The largest absolute Gasteiger partial charge is 0.497 e. The molecule has 0 unspecified atom stereocenters. The number of fused-ring (bicyclic) bond motifs is 2. The first-order valence-electron chi connectivity index (χ1n) is 15.0. The lowest BCUT2D eigenvalue weighted by atomic mass is 9.77. The Hall–Kier alpha value is -4.39. The molecule has 1 aromatic heterocycles. The van der Waals surface area contributed by atoms with E-state index in [0.29, 0.717) is 5.56 Å². The van der Waals surface area contributed by atoms with Gasteiger partial charge in [-0.2, -0.15) is 0 Å². The molecular weight excluding hydrogens is 524 g/mol. The molecule has 7 heteroatoms. The number of nitrogens with one attached hydrogen (secondary N) is 1. The average Bonchev–Trinajstić information content (AvgIpc) is 3.64. The molecule has 0 radical (unpaired) electrons. The van der Waals surface area contributed by atoms with E-state index in [1.54, 1.807) is 7.11 Å². The number of aryl methyl sites for hydroxylation is 1. The number of likely N-dealkylation sites (tertiary alicyclic amines) is 1. The van der Waals surface area contributed by atoms with E-state index in [9.17, 15) is 9.59 Å². The molecular formula is C35H36N4O3. The summed E-state index contributed by atoms with van der Waals surface area (Å²) in [4.78, 5) is 35.6. The van der Waals surface area contributed by atoms with Crippen LogP contribution in [0.3, 0.4) is 0 Å². The van der Waals surface area contributed by atoms with Crippen LogP contribution in [-0.2, 0) is 6.42 Å². The highest BCUT2D eigenvalue weighted by atomic mass is 16.5. The molecule has 2 fully saturated rings. The maximum absolute atomic E-state index is 13.7. The summed E-state index contributed by atoms with van der Waals surface area (Å²) in [6, 6.07) is 21.7. The predicted octanol–water partition coefficient (Wildman–Crippen LogP) is 5.79. The van der Waals surface area contributed by atoms with Gasteiger partial charge in [-0.3, -0.25) is 14.6 Å². The molecule has 0 bridgehead atoms. The number of carbonyl (C=O) groups is 2. The number of methoxy groups -OCH3 is 1. The molecule has 42 heavy (non-hydrogen) atoms. The number of benzene rings is 3. The van der Waals surface area contributed by atoms with Gasteiger partial charge in [0.15, 0.2) is 0 Å². The number of aromatic nitrogens is 1. The van der Waals surface area contributed by atoms with Crippen LogP contribution in [0.4, 0.5) is 5.69 Å². The van der Waals surface area contributed by atoms with Crippen molar-refractivity contribution in [2.45, 2.75) is 38.1 Å². The number of nitrogens with zero attached hydrogens (tertiary/aromatic N) is 3. The molecule has 4 aromatic rings. The third-order valence-electron chi connectivity index (χ3n) is 9.66. The zero-order chi connectivity index (χ0) is 28.7. The van der Waals surface area contributed by atoms with E-state index in [2.05, 4.69) is 38.3 Å². The second-order valence-electron chi connectivity index (χ2n) is 12.1. The van der Waals surface area contributed by atoms with Crippen LogP contribution in [-0.4, -0.2) is 55.0 Å². The summed E-state index contributed by atoms with van der Waals surface area (Å²) in [6.45, 7) is 3.65. The molecule has 1 atom stereocenters. The molecule has 1 aliphatic carbocycles. The van der Waals surface area contributed by atoms with Gasteiger partial charge in [0.25, 0.3) is 11.8 Å². The number of amides is 2. The van der Waals surface area contributed by atoms with E-state index in [1.807, 2.05) is 60.9 Å². The van der Waals surface area contributed by atoms with Crippen molar-refractivity contribution in [2.75, 3.05) is 38.2 Å². The van der Waals surface area contributed by atoms with Gasteiger partial charge >= 0.3 is 0 Å². The Bertz CT molecular complexity index is 1650. The quantitative estimate of drug-likeness (QED) is 0.334. The molecule has 1 spiro atoms. The monoisotopic (exact) mass is 560 g/mol. The van der Waals surface area contributed by atoms with Gasteiger partial charge in [-0.25, -0.2) is 0 Å². The Kier molecular flexibility index (Phi) is 6.81. The van der Waals surface area contributed by atoms with E-state index in [-0.39, 0.29) is 23.3 Å². The van der Waals surface area contributed by atoms with Crippen molar-refractivity contribution < 1.29 is 14.3 Å². The minimum atomic E-state index is -0.103. The average molecular weight is 561 g/mol. The fourth-order valence-electron chi connectivity index (χ4n) is 7.11. The highest BCUT2D eigenvalue weighted by Gasteiger charge is 2.42. The van der Waals surface area contributed by atoms with Crippen LogP contribution in [0.1, 0.15) is 63.6 Å². The number of ether oxygens (including phenoxy) is 1. The Labute approximate surface area is 246 Å². The Morgan fingerprint density at radius 1 is 0.881 bits per heavy atom. The first kappa shape index (κ1) is 26.5. The van der Waals surface area contributed by atoms with Crippen molar-refractivity contribution in [3.8, 4) is 5.75 Å². The van der Waals surface area contributed by atoms with Gasteiger partial charge in [0.2, 0.25) is 0 Å². The Morgan fingerprint density at radius 3 is 2.43 bits per heavy atom. The smallest absolute Gasteiger partial charge is 0.253 e. The van der Waals surface area contributed by atoms with Crippen molar-refractivity contribution in [3.63, 3.8) is 0 Å². The number of carbonyl (C=O) groups excluding carboxylic acids is 2. The van der Waals surface area contributed by atoms with Crippen molar-refractivity contribution >= 4 is 28.3 Å². The van der Waals surface area contributed by atoms with Crippen molar-refractivity contribution in [3.05, 3.63) is 101 Å². The van der Waals surface area contributed by atoms with E-state index in [1.165, 1.54) is 11.3 Å². The minimum Gasteiger partial charge on any atom is -0.497 e. The first-order valence-corrected chi connectivity index (χ1v) is 15.0. The molecule has 214 valence electrons. The second-order valence-corrected chi connectivity index (χ2v) is 12.1. The molecule has 2 saturated heterocycles. The minimum absolute atomic E-state index is 0.0955. The number of piperidine rings is 1. The van der Waals surface area contributed by atoms with Crippen molar-refractivity contribution in [1.82, 2.24) is 15.2 Å². The van der Waals surface area contributed by atoms with E-state index >= 15 is 0 Å². The summed E-state index contributed by atoms with van der Waals surface area (Å²) in [6.07, 6.45) is 8.69. The molecule has 3 heterocycles. The highest BCUT2D eigenvalue weighted by Crippen LogP contribution is 2.42. The van der Waals surface area contributed by atoms with Gasteiger partial charge in [0, 0.05) is 55.4 Å². The third-order valence-corrected chi connectivity index (χ3v) is 9.66. The molecule has 7 nitrogen and oxygen atoms in total. The topological polar surface area (TPSA) is 74.8 Å². The zero-order valence-electron chi connectivity index (χ0n) is 24.0. The maximum atomic E-state index is 13.7. The van der Waals surface area contributed by atoms with Gasteiger partial charge in [-0.1, -0.05) is 18.2 Å². The number of anilines is 1. The lowest BCUT2D eigenvalue weighted by Crippen LogP contribution is -2.42. The lowest BCUT2D eigenvalue weighted by Gasteiger charge is -2.40. The van der Waals surface area contributed by atoms with Crippen LogP contribution in [0.15, 0.2) is 79.1 Å². The van der Waals surface area contributed by atoms with E-state index in [0.717, 1.165) is 85.9 Å². The van der Waals surface area contributed by atoms with Gasteiger partial charge < -0.3 is 19.9 Å². The summed E-state index contributed by atoms with van der Waals surface area (Å²) in [5, 5.41) is 5.27. The van der Waals surface area contributed by atoms with Gasteiger partial charge in [0.05, 0.1) is 13.2 Å². The highest BCUT2D eigenvalue weighted by molar-refractivity contribution is 5.99. The maximum Gasteiger partial charge on any atom is 0.253 e. The third kappa shape index (κ3) is 4.97. The molecule has 2 amide bonds. The van der Waals surface area contributed by atoms with Crippen molar-refractivity contribution in [2.24, 2.45) is 5.41 Å². The molecule has 7 rings (SSSR count). The lowest BCUT2D eigenvalue weighted by molar-refractivity contribution is 0.0764. The summed E-state index contributed by atoms with van der Waals surface area (Å²) < 4.78 is 5.32. The number of rotatable bonds is 5. The Morgan fingerprint density at radius 2 is 1.62 bits per heavy atom. The van der Waals surface area contributed by atoms with Crippen LogP contribution in [0.2, 0.25) is 0 Å². The molecule has 2 aliphatic heterocycles. The summed E-state index contributed by atoms with van der Waals surface area (Å²) >= 11 is 0. The standard InChI is InChI=1S/C35H36N4O3/c1-42-30-8-6-25-20-27(4-3-26(25)21-30)33(40)37-32-9-7-24-2-5-28(22-31(24)32)34(41)39-19-14-35(23-39)12-17-38(18-13-35)29-10-15-36-16-11-29/h2-6,8,10-11,15-16,20-22,32H,7,9,12-14,17-19,23H2,1H3,(H,37,40)/t32-/m1/s1. The van der Waals surface area contributed by atoms with Crippen LogP contribution in [0.25, 0.3) is 10.8 Å².